The van der Waals surface area contributed by atoms with E-state index in [1.807, 2.05) is 31.3 Å². The zero-order chi connectivity index (χ0) is 25.4. The third-order valence-corrected chi connectivity index (χ3v) is 7.04. The van der Waals surface area contributed by atoms with Crippen LogP contribution in [0, 0.1) is 0 Å². The van der Waals surface area contributed by atoms with Crippen molar-refractivity contribution in [2.75, 3.05) is 41.7 Å². The number of aliphatic hydroxyl groups excluding tert-OH is 1. The second kappa shape index (κ2) is 9.79. The van der Waals surface area contributed by atoms with Crippen molar-refractivity contribution in [3.8, 4) is 45.6 Å². The van der Waals surface area contributed by atoms with Gasteiger partial charge < -0.3 is 33.9 Å². The van der Waals surface area contributed by atoms with Gasteiger partial charge in [0.05, 0.1) is 34.0 Å². The molecule has 2 atom stereocenters. The van der Waals surface area contributed by atoms with E-state index in [9.17, 15) is 10.2 Å². The predicted octanol–water partition coefficient (Wildman–Crippen LogP) is 3.95. The SMILES string of the molecule is CNCOc1cc(OC)c2c(c1)-c1ccc3c(c1CC2)C(O)C(c1cc(OC)c(O)c(OC)c1)CO3. The highest BCUT2D eigenvalue weighted by Gasteiger charge is 2.36. The van der Waals surface area contributed by atoms with Crippen molar-refractivity contribution in [1.82, 2.24) is 5.32 Å². The highest BCUT2D eigenvalue weighted by Crippen LogP contribution is 2.50. The van der Waals surface area contributed by atoms with Crippen molar-refractivity contribution in [3.63, 3.8) is 0 Å². The Morgan fingerprint density at radius 3 is 2.28 bits per heavy atom. The van der Waals surface area contributed by atoms with Crippen LogP contribution in [0.5, 0.6) is 34.5 Å². The van der Waals surface area contributed by atoms with E-state index >= 15 is 0 Å². The fourth-order valence-electron chi connectivity index (χ4n) is 5.28. The highest BCUT2D eigenvalue weighted by molar-refractivity contribution is 5.79. The van der Waals surface area contributed by atoms with Crippen molar-refractivity contribution in [3.05, 3.63) is 58.7 Å². The number of fused-ring (bicyclic) bond motifs is 5. The van der Waals surface area contributed by atoms with Gasteiger partial charge in [0.2, 0.25) is 5.75 Å². The number of ether oxygens (including phenoxy) is 5. The first-order valence-electron chi connectivity index (χ1n) is 11.9. The summed E-state index contributed by atoms with van der Waals surface area (Å²) in [6, 6.07) is 11.4. The summed E-state index contributed by atoms with van der Waals surface area (Å²) in [5.41, 5.74) is 5.80. The number of nitrogens with one attached hydrogen (secondary N) is 1. The summed E-state index contributed by atoms with van der Waals surface area (Å²) in [5, 5.41) is 25.0. The maximum atomic E-state index is 11.7. The first-order valence-corrected chi connectivity index (χ1v) is 11.9. The molecule has 8 nitrogen and oxygen atoms in total. The maximum absolute atomic E-state index is 11.7. The Morgan fingerprint density at radius 1 is 0.917 bits per heavy atom. The summed E-state index contributed by atoms with van der Waals surface area (Å²) in [7, 11) is 6.46. The first kappa shape index (κ1) is 24.1. The number of rotatable bonds is 7. The van der Waals surface area contributed by atoms with Crippen LogP contribution in [0.15, 0.2) is 36.4 Å². The van der Waals surface area contributed by atoms with Crippen molar-refractivity contribution in [2.24, 2.45) is 0 Å². The Kier molecular flexibility index (Phi) is 6.55. The molecule has 36 heavy (non-hydrogen) atoms. The quantitative estimate of drug-likeness (QED) is 0.426. The lowest BCUT2D eigenvalue weighted by atomic mass is 9.77. The van der Waals surface area contributed by atoms with Crippen molar-refractivity contribution in [2.45, 2.75) is 24.9 Å². The average molecular weight is 494 g/mol. The molecule has 3 N–H and O–H groups in total. The van der Waals surface area contributed by atoms with E-state index in [-0.39, 0.29) is 29.8 Å². The van der Waals surface area contributed by atoms with Gasteiger partial charge in [-0.05, 0) is 66.4 Å². The van der Waals surface area contributed by atoms with Gasteiger partial charge in [0.15, 0.2) is 11.5 Å². The minimum absolute atomic E-state index is 0.0744. The molecule has 190 valence electrons. The molecule has 2 aliphatic rings. The molecule has 1 aliphatic carbocycles. The number of hydrogen-bond acceptors (Lipinski definition) is 8. The number of hydrogen-bond donors (Lipinski definition) is 3. The van der Waals surface area contributed by atoms with Gasteiger partial charge in [-0.3, -0.25) is 5.32 Å². The zero-order valence-corrected chi connectivity index (χ0v) is 20.9. The molecule has 5 rings (SSSR count). The Morgan fingerprint density at radius 2 is 1.61 bits per heavy atom. The van der Waals surface area contributed by atoms with E-state index in [1.165, 1.54) is 14.2 Å². The fourth-order valence-corrected chi connectivity index (χ4v) is 5.28. The summed E-state index contributed by atoms with van der Waals surface area (Å²) in [6.07, 6.45) is 0.704. The monoisotopic (exact) mass is 493 g/mol. The number of aromatic hydroxyl groups is 1. The molecule has 0 saturated heterocycles. The molecule has 2 unspecified atom stereocenters. The molecule has 0 fully saturated rings. The van der Waals surface area contributed by atoms with Gasteiger partial charge in [-0.1, -0.05) is 6.07 Å². The van der Waals surface area contributed by atoms with Crippen LogP contribution < -0.4 is 29.0 Å². The molecule has 0 saturated carbocycles. The molecule has 1 heterocycles. The van der Waals surface area contributed by atoms with Crippen LogP contribution in [0.4, 0.5) is 0 Å². The van der Waals surface area contributed by atoms with Crippen LogP contribution in [-0.4, -0.2) is 51.9 Å². The minimum Gasteiger partial charge on any atom is -0.502 e. The molecule has 1 aliphatic heterocycles. The van der Waals surface area contributed by atoms with E-state index < -0.39 is 6.10 Å². The lowest BCUT2D eigenvalue weighted by molar-refractivity contribution is 0.0878. The first-order chi connectivity index (χ1) is 17.5. The number of methoxy groups -OCH3 is 3. The molecular formula is C28H31NO7. The number of phenolic OH excluding ortho intramolecular Hbond substituents is 1. The van der Waals surface area contributed by atoms with Crippen LogP contribution in [0.3, 0.4) is 0 Å². The highest BCUT2D eigenvalue weighted by atomic mass is 16.5. The average Bonchev–Trinajstić information content (AvgIpc) is 2.91. The maximum Gasteiger partial charge on any atom is 0.200 e. The summed E-state index contributed by atoms with van der Waals surface area (Å²) in [5.74, 6) is 2.32. The summed E-state index contributed by atoms with van der Waals surface area (Å²) < 4.78 is 28.3. The van der Waals surface area contributed by atoms with E-state index in [4.69, 9.17) is 23.7 Å². The largest absolute Gasteiger partial charge is 0.502 e. The second-order valence-electron chi connectivity index (χ2n) is 8.93. The van der Waals surface area contributed by atoms with Gasteiger partial charge >= 0.3 is 0 Å². The summed E-state index contributed by atoms with van der Waals surface area (Å²) >= 11 is 0. The standard InChI is InChI=1S/C28H31NO7/c1-29-14-36-16-11-20-17-7-8-22-26(19(17)6-5-18(20)23(12-16)32-2)27(30)21(13-35-22)15-9-24(33-3)28(31)25(10-15)34-4/h7-12,21,27,29-31H,5-6,13-14H2,1-4H3. The molecule has 8 heteroatoms. The van der Waals surface area contributed by atoms with Crippen LogP contribution in [-0.2, 0) is 12.8 Å². The van der Waals surface area contributed by atoms with Crippen LogP contribution >= 0.6 is 0 Å². The zero-order valence-electron chi connectivity index (χ0n) is 20.9. The molecule has 3 aromatic rings. The molecular weight excluding hydrogens is 462 g/mol. The Hall–Kier alpha value is -3.62. The summed E-state index contributed by atoms with van der Waals surface area (Å²) in [6.45, 7) is 0.670. The van der Waals surface area contributed by atoms with Gasteiger partial charge in [0.1, 0.15) is 24.0 Å². The number of phenols is 1. The van der Waals surface area contributed by atoms with Crippen LogP contribution in [0.1, 0.15) is 34.3 Å². The molecule has 0 amide bonds. The van der Waals surface area contributed by atoms with E-state index in [1.54, 1.807) is 19.2 Å². The van der Waals surface area contributed by atoms with E-state index in [0.717, 1.165) is 52.0 Å². The fraction of sp³-hybridized carbons (Fsp3) is 0.357. The molecule has 3 aromatic carbocycles. The number of benzene rings is 3. The molecule has 0 radical (unpaired) electrons. The van der Waals surface area contributed by atoms with Gasteiger partial charge in [0.25, 0.3) is 0 Å². The van der Waals surface area contributed by atoms with Gasteiger partial charge in [0, 0.05) is 23.1 Å². The molecule has 0 spiro atoms. The lowest BCUT2D eigenvalue weighted by Gasteiger charge is -2.35. The summed E-state index contributed by atoms with van der Waals surface area (Å²) in [4.78, 5) is 0. The minimum atomic E-state index is -0.810. The van der Waals surface area contributed by atoms with Crippen LogP contribution in [0.25, 0.3) is 11.1 Å². The van der Waals surface area contributed by atoms with E-state index in [2.05, 4.69) is 5.32 Å². The Balaban J connectivity index is 1.59. The van der Waals surface area contributed by atoms with Crippen molar-refractivity contribution >= 4 is 0 Å². The van der Waals surface area contributed by atoms with Crippen molar-refractivity contribution in [1.29, 1.82) is 0 Å². The van der Waals surface area contributed by atoms with Gasteiger partial charge in [-0.25, -0.2) is 0 Å². The Labute approximate surface area is 210 Å². The molecule has 0 aromatic heterocycles. The molecule has 0 bridgehead atoms. The topological polar surface area (TPSA) is 98.6 Å². The lowest BCUT2D eigenvalue weighted by Crippen LogP contribution is -2.26. The second-order valence-corrected chi connectivity index (χ2v) is 8.93. The third kappa shape index (κ3) is 3.96. The van der Waals surface area contributed by atoms with Crippen molar-refractivity contribution < 1.29 is 33.9 Å². The van der Waals surface area contributed by atoms with Crippen LogP contribution in [0.2, 0.25) is 0 Å². The predicted molar refractivity (Wildman–Crippen MR) is 135 cm³/mol. The van der Waals surface area contributed by atoms with E-state index in [0.29, 0.717) is 18.2 Å². The third-order valence-electron chi connectivity index (χ3n) is 7.04. The Bertz CT molecular complexity index is 1260. The number of aliphatic hydroxyl groups is 1. The smallest absolute Gasteiger partial charge is 0.200 e. The van der Waals surface area contributed by atoms with Gasteiger partial charge in [-0.2, -0.15) is 0 Å². The normalized spacial score (nSPS) is 17.8. The van der Waals surface area contributed by atoms with Gasteiger partial charge in [-0.15, -0.1) is 0 Å².